The minimum Gasteiger partial charge on any atom is -0.395 e. The first-order valence-electron chi connectivity index (χ1n) is 6.47. The first-order valence-corrected chi connectivity index (χ1v) is 7.29. The van der Waals surface area contributed by atoms with Gasteiger partial charge in [0.2, 0.25) is 0 Å². The van der Waals surface area contributed by atoms with E-state index in [1.165, 1.54) is 16.0 Å². The smallest absolute Gasteiger partial charge is 0.116 e. The lowest BCUT2D eigenvalue weighted by Gasteiger charge is -2.04. The highest BCUT2D eigenvalue weighted by Gasteiger charge is 2.05. The van der Waals surface area contributed by atoms with Crippen molar-refractivity contribution in [2.24, 2.45) is 0 Å². The van der Waals surface area contributed by atoms with Gasteiger partial charge in [0.25, 0.3) is 0 Å². The summed E-state index contributed by atoms with van der Waals surface area (Å²) in [7, 11) is 0. The molecule has 5 heteroatoms. The highest BCUT2D eigenvalue weighted by molar-refractivity contribution is 7.22. The second-order valence-electron chi connectivity index (χ2n) is 4.48. The van der Waals surface area contributed by atoms with Crippen LogP contribution in [-0.4, -0.2) is 28.2 Å². The topological polar surface area (TPSA) is 58.0 Å². The van der Waals surface area contributed by atoms with Gasteiger partial charge in [0.15, 0.2) is 0 Å². The number of hydrogen-bond donors (Lipinski definition) is 2. The fourth-order valence-corrected chi connectivity index (χ4v) is 3.02. The number of hydrogen-bond acceptors (Lipinski definition) is 5. The molecule has 4 nitrogen and oxygen atoms in total. The van der Waals surface area contributed by atoms with E-state index in [1.54, 1.807) is 17.7 Å². The van der Waals surface area contributed by atoms with Gasteiger partial charge in [0.05, 0.1) is 16.8 Å². The maximum Gasteiger partial charge on any atom is 0.116 e. The van der Waals surface area contributed by atoms with E-state index in [1.807, 2.05) is 6.20 Å². The van der Waals surface area contributed by atoms with Crippen LogP contribution in [0.3, 0.4) is 0 Å². The zero-order valence-corrected chi connectivity index (χ0v) is 11.7. The van der Waals surface area contributed by atoms with Crippen molar-refractivity contribution in [2.45, 2.75) is 6.54 Å². The monoisotopic (exact) mass is 285 g/mol. The Balaban J connectivity index is 1.79. The van der Waals surface area contributed by atoms with Crippen molar-refractivity contribution in [1.82, 2.24) is 15.3 Å². The van der Waals surface area contributed by atoms with Crippen LogP contribution in [0.15, 0.2) is 42.9 Å². The first kappa shape index (κ1) is 13.2. The van der Waals surface area contributed by atoms with Crippen molar-refractivity contribution < 1.29 is 5.11 Å². The van der Waals surface area contributed by atoms with Crippen LogP contribution < -0.4 is 5.32 Å². The van der Waals surface area contributed by atoms with Crippen LogP contribution in [-0.2, 0) is 6.54 Å². The third-order valence-corrected chi connectivity index (χ3v) is 4.16. The van der Waals surface area contributed by atoms with Gasteiger partial charge in [-0.2, -0.15) is 0 Å². The van der Waals surface area contributed by atoms with Gasteiger partial charge in [-0.15, -0.1) is 11.3 Å². The fourth-order valence-electron chi connectivity index (χ4n) is 2.03. The Labute approximate surface area is 121 Å². The summed E-state index contributed by atoms with van der Waals surface area (Å²) in [5.41, 5.74) is 3.40. The summed E-state index contributed by atoms with van der Waals surface area (Å²) in [5, 5.41) is 11.9. The number of aromatic nitrogens is 2. The maximum atomic E-state index is 8.73. The Morgan fingerprint density at radius 3 is 2.80 bits per heavy atom. The van der Waals surface area contributed by atoms with Gasteiger partial charge in [-0.25, -0.2) is 9.97 Å². The number of fused-ring (bicyclic) bond motifs is 1. The van der Waals surface area contributed by atoms with Gasteiger partial charge in [-0.1, -0.05) is 24.3 Å². The van der Waals surface area contributed by atoms with Gasteiger partial charge in [0, 0.05) is 24.2 Å². The summed E-state index contributed by atoms with van der Waals surface area (Å²) in [4.78, 5) is 9.51. The van der Waals surface area contributed by atoms with Gasteiger partial charge >= 0.3 is 0 Å². The number of rotatable bonds is 5. The quantitative estimate of drug-likeness (QED) is 0.707. The molecule has 20 heavy (non-hydrogen) atoms. The Kier molecular flexibility index (Phi) is 4.01. The predicted octanol–water partition coefficient (Wildman–Crippen LogP) is 2.44. The minimum atomic E-state index is 0.168. The Hall–Kier alpha value is -1.82. The van der Waals surface area contributed by atoms with Crippen LogP contribution in [0.4, 0.5) is 0 Å². The summed E-state index contributed by atoms with van der Waals surface area (Å²) < 4.78 is 1.11. The average molecular weight is 285 g/mol. The first-order chi connectivity index (χ1) is 9.86. The molecule has 0 unspecified atom stereocenters. The molecule has 2 N–H and O–H groups in total. The van der Waals surface area contributed by atoms with Crippen molar-refractivity contribution in [3.8, 4) is 10.4 Å². The summed E-state index contributed by atoms with van der Waals surface area (Å²) in [6.45, 7) is 1.57. The zero-order valence-electron chi connectivity index (χ0n) is 10.9. The lowest BCUT2D eigenvalue weighted by Crippen LogP contribution is -2.17. The molecule has 3 aromatic rings. The van der Waals surface area contributed by atoms with Crippen molar-refractivity contribution in [3.63, 3.8) is 0 Å². The van der Waals surface area contributed by atoms with E-state index >= 15 is 0 Å². The maximum absolute atomic E-state index is 8.73. The molecule has 2 heterocycles. The van der Waals surface area contributed by atoms with Gasteiger partial charge in [0.1, 0.15) is 6.33 Å². The normalized spacial score (nSPS) is 11.1. The molecular formula is C15H15N3OS. The molecule has 0 radical (unpaired) electrons. The van der Waals surface area contributed by atoms with Crippen LogP contribution in [0.5, 0.6) is 0 Å². The number of aliphatic hydroxyl groups excluding tert-OH is 1. The van der Waals surface area contributed by atoms with Crippen molar-refractivity contribution in [3.05, 3.63) is 48.4 Å². The SMILES string of the molecule is OCCNCc1ccc(-c2cc3ncncc3s2)cc1. The highest BCUT2D eigenvalue weighted by atomic mass is 32.1. The summed E-state index contributed by atoms with van der Waals surface area (Å²) in [5.74, 6) is 0. The molecule has 0 aliphatic rings. The van der Waals surface area contributed by atoms with Gasteiger partial charge in [-0.05, 0) is 17.2 Å². The lowest BCUT2D eigenvalue weighted by atomic mass is 10.1. The Morgan fingerprint density at radius 2 is 2.05 bits per heavy atom. The molecule has 0 atom stereocenters. The Bertz CT molecular complexity index is 661. The number of benzene rings is 1. The third kappa shape index (κ3) is 2.85. The van der Waals surface area contributed by atoms with E-state index in [4.69, 9.17) is 5.11 Å². The molecule has 0 amide bonds. The fraction of sp³-hybridized carbons (Fsp3) is 0.200. The molecule has 0 saturated heterocycles. The summed E-state index contributed by atoms with van der Waals surface area (Å²) >= 11 is 1.70. The third-order valence-electron chi connectivity index (χ3n) is 3.05. The predicted molar refractivity (Wildman–Crippen MR) is 81.6 cm³/mol. The molecule has 0 spiro atoms. The number of nitrogens with zero attached hydrogens (tertiary/aromatic N) is 2. The van der Waals surface area contributed by atoms with Crippen LogP contribution in [0.1, 0.15) is 5.56 Å². The molecule has 0 aliphatic heterocycles. The second-order valence-corrected chi connectivity index (χ2v) is 5.56. The van der Waals surface area contributed by atoms with Crippen molar-refractivity contribution in [2.75, 3.05) is 13.2 Å². The molecule has 2 aromatic heterocycles. The molecule has 0 bridgehead atoms. The van der Waals surface area contributed by atoms with E-state index in [-0.39, 0.29) is 6.61 Å². The lowest BCUT2D eigenvalue weighted by molar-refractivity contribution is 0.292. The van der Waals surface area contributed by atoms with E-state index in [9.17, 15) is 0 Å². The zero-order chi connectivity index (χ0) is 13.8. The Morgan fingerprint density at radius 1 is 1.20 bits per heavy atom. The number of nitrogens with one attached hydrogen (secondary N) is 1. The molecule has 102 valence electrons. The van der Waals surface area contributed by atoms with E-state index in [2.05, 4.69) is 45.6 Å². The van der Waals surface area contributed by atoms with Gasteiger partial charge in [-0.3, -0.25) is 0 Å². The molecule has 3 rings (SSSR count). The molecule has 0 fully saturated rings. The summed E-state index contributed by atoms with van der Waals surface area (Å²) in [6.07, 6.45) is 3.43. The largest absolute Gasteiger partial charge is 0.395 e. The van der Waals surface area contributed by atoms with Gasteiger partial charge < -0.3 is 10.4 Å². The molecule has 1 aromatic carbocycles. The number of aliphatic hydroxyl groups is 1. The second kappa shape index (κ2) is 6.09. The summed E-state index contributed by atoms with van der Waals surface area (Å²) in [6, 6.07) is 10.6. The van der Waals surface area contributed by atoms with Crippen LogP contribution in [0, 0.1) is 0 Å². The van der Waals surface area contributed by atoms with E-state index < -0.39 is 0 Å². The highest BCUT2D eigenvalue weighted by Crippen LogP contribution is 2.31. The molecule has 0 saturated carbocycles. The average Bonchev–Trinajstić information content (AvgIpc) is 2.92. The number of thiophene rings is 1. The standard InChI is InChI=1S/C15H15N3OS/c19-6-5-16-8-11-1-3-12(4-2-11)14-7-13-15(20-14)9-17-10-18-13/h1-4,7,9-10,16,19H,5-6,8H2. The minimum absolute atomic E-state index is 0.168. The van der Waals surface area contributed by atoms with Crippen LogP contribution in [0.2, 0.25) is 0 Å². The van der Waals surface area contributed by atoms with E-state index in [0.29, 0.717) is 6.54 Å². The molecule has 0 aliphatic carbocycles. The van der Waals surface area contributed by atoms with E-state index in [0.717, 1.165) is 16.8 Å². The van der Waals surface area contributed by atoms with Crippen molar-refractivity contribution >= 4 is 21.6 Å². The molecular weight excluding hydrogens is 270 g/mol. The van der Waals surface area contributed by atoms with Crippen LogP contribution >= 0.6 is 11.3 Å². The van der Waals surface area contributed by atoms with Crippen LogP contribution in [0.25, 0.3) is 20.7 Å². The van der Waals surface area contributed by atoms with Crippen molar-refractivity contribution in [1.29, 1.82) is 0 Å².